The summed E-state index contributed by atoms with van der Waals surface area (Å²) in [7, 11) is 0. The molecule has 0 aliphatic carbocycles. The lowest BCUT2D eigenvalue weighted by atomic mass is 10.2. The molecule has 0 aliphatic heterocycles. The van der Waals surface area contributed by atoms with Crippen LogP contribution in [0.4, 0.5) is 0 Å². The molecule has 0 fully saturated rings. The van der Waals surface area contributed by atoms with Crippen molar-refractivity contribution in [3.63, 3.8) is 0 Å². The first-order valence-electron chi connectivity index (χ1n) is 5.10. The van der Waals surface area contributed by atoms with Crippen molar-refractivity contribution in [1.29, 1.82) is 0 Å². The normalized spacial score (nSPS) is 10.9. The smallest absolute Gasteiger partial charge is 0.341 e. The van der Waals surface area contributed by atoms with Crippen LogP contribution in [-0.4, -0.2) is 15.6 Å². The van der Waals surface area contributed by atoms with Crippen LogP contribution in [0.15, 0.2) is 17.1 Å². The fourth-order valence-corrected chi connectivity index (χ4v) is 3.53. The molecule has 0 saturated carbocycles. The molecule has 0 saturated heterocycles. The minimum atomic E-state index is -1.16. The van der Waals surface area contributed by atoms with Crippen LogP contribution in [0.3, 0.4) is 0 Å². The molecule has 0 amide bonds. The number of pyridine rings is 1. The maximum atomic E-state index is 11.9. The molecule has 2 aromatic heterocycles. The average molecular weight is 363 g/mol. The van der Waals surface area contributed by atoms with E-state index in [1.54, 1.807) is 6.07 Å². The molecule has 17 heavy (non-hydrogen) atoms. The van der Waals surface area contributed by atoms with Crippen molar-refractivity contribution in [3.8, 4) is 0 Å². The van der Waals surface area contributed by atoms with E-state index in [-0.39, 0.29) is 11.0 Å². The van der Waals surface area contributed by atoms with Crippen molar-refractivity contribution in [2.75, 3.05) is 0 Å². The van der Waals surface area contributed by atoms with Gasteiger partial charge in [-0.05, 0) is 35.1 Å². The van der Waals surface area contributed by atoms with Gasteiger partial charge >= 0.3 is 5.97 Å². The molecule has 2 aromatic rings. The molecule has 2 rings (SSSR count). The fourth-order valence-electron chi connectivity index (χ4n) is 1.71. The molecular formula is C11H10INO3S. The van der Waals surface area contributed by atoms with E-state index in [1.807, 2.05) is 11.5 Å². The summed E-state index contributed by atoms with van der Waals surface area (Å²) in [6.45, 7) is 2.73. The van der Waals surface area contributed by atoms with Crippen molar-refractivity contribution in [2.45, 2.75) is 19.9 Å². The monoisotopic (exact) mass is 363 g/mol. The molecular weight excluding hydrogens is 353 g/mol. The predicted octanol–water partition coefficient (Wildman–Crippen LogP) is 2.78. The zero-order chi connectivity index (χ0) is 12.6. The van der Waals surface area contributed by atoms with Crippen molar-refractivity contribution in [1.82, 2.24) is 4.57 Å². The summed E-state index contributed by atoms with van der Waals surface area (Å²) >= 11 is 3.65. The summed E-state index contributed by atoms with van der Waals surface area (Å²) in [5.74, 6) is -1.16. The molecule has 6 heteroatoms. The standard InChI is InChI=1S/C11H10INO3S/c1-2-3-13-5-7(11(15)16)9(14)6-4-8(12)17-10(6)13/h4-5H,2-3H2,1H3,(H,15,16). The highest BCUT2D eigenvalue weighted by molar-refractivity contribution is 14.1. The highest BCUT2D eigenvalue weighted by Gasteiger charge is 2.16. The SMILES string of the molecule is CCCn1cc(C(=O)O)c(=O)c2cc(I)sc21. The topological polar surface area (TPSA) is 59.3 Å². The molecule has 0 atom stereocenters. The van der Waals surface area contributed by atoms with Gasteiger partial charge in [-0.2, -0.15) is 0 Å². The van der Waals surface area contributed by atoms with Crippen LogP contribution < -0.4 is 5.43 Å². The van der Waals surface area contributed by atoms with Gasteiger partial charge in [0, 0.05) is 12.7 Å². The highest BCUT2D eigenvalue weighted by Crippen LogP contribution is 2.25. The first-order valence-corrected chi connectivity index (χ1v) is 7.00. The number of carboxylic acid groups (broad SMARTS) is 1. The number of rotatable bonds is 3. The van der Waals surface area contributed by atoms with Crippen LogP contribution in [-0.2, 0) is 6.54 Å². The minimum Gasteiger partial charge on any atom is -0.477 e. The number of fused-ring (bicyclic) bond motifs is 1. The van der Waals surface area contributed by atoms with Gasteiger partial charge in [-0.15, -0.1) is 11.3 Å². The van der Waals surface area contributed by atoms with Gasteiger partial charge in [0.1, 0.15) is 10.4 Å². The van der Waals surface area contributed by atoms with Gasteiger partial charge in [-0.3, -0.25) is 4.79 Å². The number of carboxylic acids is 1. The van der Waals surface area contributed by atoms with E-state index in [0.717, 1.165) is 14.1 Å². The van der Waals surface area contributed by atoms with Crippen LogP contribution in [0.1, 0.15) is 23.7 Å². The Morgan fingerprint density at radius 3 is 2.88 bits per heavy atom. The quantitative estimate of drug-likeness (QED) is 0.854. The molecule has 0 spiro atoms. The van der Waals surface area contributed by atoms with Crippen LogP contribution in [0.25, 0.3) is 10.2 Å². The van der Waals surface area contributed by atoms with Gasteiger partial charge in [-0.25, -0.2) is 4.79 Å². The fraction of sp³-hybridized carbons (Fsp3) is 0.273. The molecule has 0 aliphatic rings. The number of carbonyl (C=O) groups is 1. The Bertz CT molecular complexity index is 644. The number of nitrogens with zero attached hydrogens (tertiary/aromatic N) is 1. The van der Waals surface area contributed by atoms with Crippen LogP contribution in [0.2, 0.25) is 0 Å². The predicted molar refractivity (Wildman–Crippen MR) is 76.1 cm³/mol. The van der Waals surface area contributed by atoms with E-state index in [2.05, 4.69) is 22.6 Å². The number of hydrogen-bond acceptors (Lipinski definition) is 3. The number of halogens is 1. The van der Waals surface area contributed by atoms with E-state index < -0.39 is 5.97 Å². The summed E-state index contributed by atoms with van der Waals surface area (Å²) in [5.41, 5.74) is -0.542. The van der Waals surface area contributed by atoms with Gasteiger partial charge in [0.15, 0.2) is 0 Å². The molecule has 4 nitrogen and oxygen atoms in total. The lowest BCUT2D eigenvalue weighted by Gasteiger charge is -2.07. The lowest BCUT2D eigenvalue weighted by Crippen LogP contribution is -2.17. The van der Waals surface area contributed by atoms with Crippen molar-refractivity contribution >= 4 is 50.1 Å². The summed E-state index contributed by atoms with van der Waals surface area (Å²) in [6, 6.07) is 1.75. The van der Waals surface area contributed by atoms with E-state index in [9.17, 15) is 9.59 Å². The van der Waals surface area contributed by atoms with Gasteiger partial charge in [0.2, 0.25) is 5.43 Å². The third-order valence-corrected chi connectivity index (χ3v) is 4.34. The van der Waals surface area contributed by atoms with E-state index in [4.69, 9.17) is 5.11 Å². The third kappa shape index (κ3) is 2.23. The molecule has 0 bridgehead atoms. The Morgan fingerprint density at radius 2 is 2.29 bits per heavy atom. The number of aromatic carboxylic acids is 1. The van der Waals surface area contributed by atoms with Crippen molar-refractivity contribution in [2.24, 2.45) is 0 Å². The maximum absolute atomic E-state index is 11.9. The molecule has 1 N–H and O–H groups in total. The van der Waals surface area contributed by atoms with Crippen LogP contribution >= 0.6 is 33.9 Å². The first-order chi connectivity index (χ1) is 8.04. The summed E-state index contributed by atoms with van der Waals surface area (Å²) in [6.07, 6.45) is 2.34. The second-order valence-corrected chi connectivity index (χ2v) is 6.56. The number of aromatic nitrogens is 1. The summed E-state index contributed by atoms with van der Waals surface area (Å²) < 4.78 is 2.84. The van der Waals surface area contributed by atoms with Crippen molar-refractivity contribution < 1.29 is 9.90 Å². The zero-order valence-electron chi connectivity index (χ0n) is 9.07. The van der Waals surface area contributed by atoms with E-state index in [1.165, 1.54) is 17.5 Å². The second-order valence-electron chi connectivity index (χ2n) is 3.64. The lowest BCUT2D eigenvalue weighted by molar-refractivity contribution is 0.0695. The third-order valence-electron chi connectivity index (χ3n) is 2.41. The Labute approximate surface area is 115 Å². The van der Waals surface area contributed by atoms with Crippen LogP contribution in [0, 0.1) is 2.88 Å². The number of hydrogen-bond donors (Lipinski definition) is 1. The highest BCUT2D eigenvalue weighted by atomic mass is 127. The van der Waals surface area contributed by atoms with Crippen molar-refractivity contribution in [3.05, 3.63) is 30.9 Å². The molecule has 0 radical (unpaired) electrons. The largest absolute Gasteiger partial charge is 0.477 e. The summed E-state index contributed by atoms with van der Waals surface area (Å²) in [4.78, 5) is 23.8. The van der Waals surface area contributed by atoms with Gasteiger partial charge in [0.05, 0.1) is 8.27 Å². The van der Waals surface area contributed by atoms with Gasteiger partial charge in [-0.1, -0.05) is 6.92 Å². The maximum Gasteiger partial charge on any atom is 0.341 e. The Balaban J connectivity index is 2.84. The molecule has 2 heterocycles. The Kier molecular flexibility index (Phi) is 3.53. The van der Waals surface area contributed by atoms with E-state index in [0.29, 0.717) is 11.9 Å². The number of thiophene rings is 1. The Hall–Kier alpha value is -0.890. The molecule has 90 valence electrons. The zero-order valence-corrected chi connectivity index (χ0v) is 12.0. The number of aryl methyl sites for hydroxylation is 1. The van der Waals surface area contributed by atoms with Crippen LogP contribution in [0.5, 0.6) is 0 Å². The average Bonchev–Trinajstić information content (AvgIpc) is 2.64. The van der Waals surface area contributed by atoms with Gasteiger partial charge < -0.3 is 9.67 Å². The summed E-state index contributed by atoms with van der Waals surface area (Å²) in [5, 5.41) is 9.52. The van der Waals surface area contributed by atoms with E-state index >= 15 is 0 Å². The minimum absolute atomic E-state index is 0.153. The van der Waals surface area contributed by atoms with Gasteiger partial charge in [0.25, 0.3) is 0 Å². The molecule has 0 aromatic carbocycles. The Morgan fingerprint density at radius 1 is 1.59 bits per heavy atom. The molecule has 0 unspecified atom stereocenters. The first kappa shape index (κ1) is 12.6. The second kappa shape index (κ2) is 4.77.